The van der Waals surface area contributed by atoms with Gasteiger partial charge in [-0.15, -0.1) is 0 Å². The molecule has 1 aromatic rings. The summed E-state index contributed by atoms with van der Waals surface area (Å²) in [6, 6.07) is 9.95. The fraction of sp³-hybridized carbons (Fsp3) is 0.562. The van der Waals surface area contributed by atoms with E-state index in [0.29, 0.717) is 6.61 Å². The number of esters is 1. The summed E-state index contributed by atoms with van der Waals surface area (Å²) in [5.74, 6) is -0.286. The Morgan fingerprint density at radius 2 is 1.74 bits per heavy atom. The molecule has 0 bridgehead atoms. The average Bonchev–Trinajstić information content (AvgIpc) is 2.45. The standard InChI is InChI=1S/C16H26NO2/c1-5-17(4,6-2)13-15(16(18)19-7-3)14-11-9-8-10-12-14/h8-12,15H,5-7,13H2,1-4H3/q+1/t15-/m1/s1. The molecule has 19 heavy (non-hydrogen) atoms. The first-order valence-corrected chi connectivity index (χ1v) is 7.11. The number of ether oxygens (including phenoxy) is 1. The lowest BCUT2D eigenvalue weighted by Crippen LogP contribution is -2.47. The first-order valence-electron chi connectivity index (χ1n) is 7.11. The highest BCUT2D eigenvalue weighted by Gasteiger charge is 2.30. The molecule has 0 saturated heterocycles. The second-order valence-corrected chi connectivity index (χ2v) is 5.15. The van der Waals surface area contributed by atoms with Gasteiger partial charge in [0.25, 0.3) is 0 Å². The number of quaternary nitrogens is 1. The minimum Gasteiger partial charge on any atom is -0.465 e. The third-order valence-electron chi connectivity index (χ3n) is 3.92. The molecule has 0 N–H and O–H groups in total. The number of nitrogens with zero attached hydrogens (tertiary/aromatic N) is 1. The zero-order chi connectivity index (χ0) is 14.3. The second kappa shape index (κ2) is 7.29. The summed E-state index contributed by atoms with van der Waals surface area (Å²) >= 11 is 0. The molecule has 0 unspecified atom stereocenters. The number of hydrogen-bond acceptors (Lipinski definition) is 2. The Hall–Kier alpha value is -1.35. The lowest BCUT2D eigenvalue weighted by atomic mass is 9.97. The van der Waals surface area contributed by atoms with Crippen LogP contribution in [0.3, 0.4) is 0 Å². The van der Waals surface area contributed by atoms with E-state index in [1.165, 1.54) is 0 Å². The van der Waals surface area contributed by atoms with E-state index in [1.807, 2.05) is 37.3 Å². The number of likely N-dealkylation sites (N-methyl/N-ethyl adjacent to an activating group) is 1. The van der Waals surface area contributed by atoms with Crippen LogP contribution in [0.1, 0.15) is 32.3 Å². The first-order chi connectivity index (χ1) is 9.06. The van der Waals surface area contributed by atoms with Gasteiger partial charge in [-0.2, -0.15) is 0 Å². The van der Waals surface area contributed by atoms with Crippen molar-refractivity contribution in [2.45, 2.75) is 26.7 Å². The molecule has 0 aliphatic heterocycles. The summed E-state index contributed by atoms with van der Waals surface area (Å²) in [6.45, 7) is 9.43. The molecule has 0 saturated carbocycles. The van der Waals surface area contributed by atoms with Crippen LogP contribution in [-0.4, -0.2) is 43.7 Å². The predicted octanol–water partition coefficient (Wildman–Crippen LogP) is 2.82. The Morgan fingerprint density at radius 3 is 2.21 bits per heavy atom. The van der Waals surface area contributed by atoms with Crippen LogP contribution in [0.2, 0.25) is 0 Å². The average molecular weight is 264 g/mol. The fourth-order valence-corrected chi connectivity index (χ4v) is 2.17. The van der Waals surface area contributed by atoms with Crippen molar-refractivity contribution in [3.8, 4) is 0 Å². The summed E-state index contributed by atoms with van der Waals surface area (Å²) in [6.07, 6.45) is 0. The van der Waals surface area contributed by atoms with Gasteiger partial charge in [0.1, 0.15) is 5.92 Å². The van der Waals surface area contributed by atoms with E-state index in [2.05, 4.69) is 20.9 Å². The molecule has 0 heterocycles. The van der Waals surface area contributed by atoms with Crippen LogP contribution in [0.15, 0.2) is 30.3 Å². The van der Waals surface area contributed by atoms with E-state index in [4.69, 9.17) is 4.74 Å². The number of benzene rings is 1. The van der Waals surface area contributed by atoms with Crippen LogP contribution in [0.25, 0.3) is 0 Å². The molecule has 0 amide bonds. The second-order valence-electron chi connectivity index (χ2n) is 5.15. The Kier molecular flexibility index (Phi) is 6.03. The van der Waals surface area contributed by atoms with Crippen LogP contribution < -0.4 is 0 Å². The zero-order valence-electron chi connectivity index (χ0n) is 12.6. The zero-order valence-corrected chi connectivity index (χ0v) is 12.6. The Balaban J connectivity index is 2.97. The van der Waals surface area contributed by atoms with Gasteiger partial charge >= 0.3 is 5.97 Å². The van der Waals surface area contributed by atoms with Gasteiger partial charge in [-0.25, -0.2) is 0 Å². The van der Waals surface area contributed by atoms with Crippen molar-refractivity contribution in [3.05, 3.63) is 35.9 Å². The molecule has 1 rings (SSSR count). The number of rotatable bonds is 7. The monoisotopic (exact) mass is 264 g/mol. The lowest BCUT2D eigenvalue weighted by molar-refractivity contribution is -0.906. The van der Waals surface area contributed by atoms with Crippen LogP contribution >= 0.6 is 0 Å². The molecule has 1 atom stereocenters. The molecule has 0 spiro atoms. The van der Waals surface area contributed by atoms with E-state index in [0.717, 1.165) is 29.7 Å². The summed E-state index contributed by atoms with van der Waals surface area (Å²) in [5.41, 5.74) is 1.05. The molecule has 0 fully saturated rings. The molecular formula is C16H26NO2+. The lowest BCUT2D eigenvalue weighted by Gasteiger charge is -2.35. The topological polar surface area (TPSA) is 26.3 Å². The van der Waals surface area contributed by atoms with E-state index >= 15 is 0 Å². The molecule has 1 aromatic carbocycles. The highest BCUT2D eigenvalue weighted by atomic mass is 16.5. The van der Waals surface area contributed by atoms with Crippen molar-refractivity contribution in [2.75, 3.05) is 33.3 Å². The third kappa shape index (κ3) is 4.35. The van der Waals surface area contributed by atoms with E-state index in [1.54, 1.807) is 0 Å². The fourth-order valence-electron chi connectivity index (χ4n) is 2.17. The van der Waals surface area contributed by atoms with Crippen LogP contribution in [-0.2, 0) is 9.53 Å². The van der Waals surface area contributed by atoms with E-state index < -0.39 is 0 Å². The van der Waals surface area contributed by atoms with Crippen LogP contribution in [0.4, 0.5) is 0 Å². The Labute approximate surface area is 116 Å². The molecule has 0 aliphatic carbocycles. The highest BCUT2D eigenvalue weighted by molar-refractivity contribution is 5.78. The molecule has 3 nitrogen and oxygen atoms in total. The molecule has 0 aliphatic rings. The smallest absolute Gasteiger partial charge is 0.319 e. The maximum atomic E-state index is 12.2. The molecule has 0 radical (unpaired) electrons. The molecule has 3 heteroatoms. The van der Waals surface area contributed by atoms with E-state index in [9.17, 15) is 4.79 Å². The van der Waals surface area contributed by atoms with Gasteiger partial charge in [0.05, 0.1) is 33.3 Å². The first kappa shape index (κ1) is 15.7. The summed E-state index contributed by atoms with van der Waals surface area (Å²) in [5, 5.41) is 0. The minimum atomic E-state index is -0.175. The normalized spacial score (nSPS) is 13.1. The molecule has 106 valence electrons. The summed E-state index contributed by atoms with van der Waals surface area (Å²) in [7, 11) is 2.19. The quantitative estimate of drug-likeness (QED) is 0.559. The van der Waals surface area contributed by atoms with Crippen molar-refractivity contribution in [1.82, 2.24) is 0 Å². The van der Waals surface area contributed by atoms with Gasteiger partial charge < -0.3 is 9.22 Å². The van der Waals surface area contributed by atoms with Crippen molar-refractivity contribution in [3.63, 3.8) is 0 Å². The Morgan fingerprint density at radius 1 is 1.16 bits per heavy atom. The number of carbonyl (C=O) groups excluding carboxylic acids is 1. The van der Waals surface area contributed by atoms with Crippen molar-refractivity contribution >= 4 is 5.97 Å². The largest absolute Gasteiger partial charge is 0.465 e. The molecular weight excluding hydrogens is 238 g/mol. The van der Waals surface area contributed by atoms with Gasteiger partial charge in [-0.3, -0.25) is 4.79 Å². The number of hydrogen-bond donors (Lipinski definition) is 0. The minimum absolute atomic E-state index is 0.111. The van der Waals surface area contributed by atoms with Gasteiger partial charge in [-0.05, 0) is 26.3 Å². The number of carbonyl (C=O) groups is 1. The van der Waals surface area contributed by atoms with Crippen molar-refractivity contribution < 1.29 is 14.0 Å². The summed E-state index contributed by atoms with van der Waals surface area (Å²) in [4.78, 5) is 12.2. The SMILES string of the molecule is CCOC(=O)[C@H](C[N+](C)(CC)CC)c1ccccc1. The van der Waals surface area contributed by atoms with E-state index in [-0.39, 0.29) is 11.9 Å². The van der Waals surface area contributed by atoms with Crippen LogP contribution in [0.5, 0.6) is 0 Å². The maximum Gasteiger partial charge on any atom is 0.319 e. The predicted molar refractivity (Wildman–Crippen MR) is 77.9 cm³/mol. The highest BCUT2D eigenvalue weighted by Crippen LogP contribution is 2.21. The van der Waals surface area contributed by atoms with Crippen molar-refractivity contribution in [1.29, 1.82) is 0 Å². The van der Waals surface area contributed by atoms with Gasteiger partial charge in [-0.1, -0.05) is 30.3 Å². The summed E-state index contributed by atoms with van der Waals surface area (Å²) < 4.78 is 6.12. The van der Waals surface area contributed by atoms with Gasteiger partial charge in [0.2, 0.25) is 0 Å². The maximum absolute atomic E-state index is 12.2. The van der Waals surface area contributed by atoms with Crippen molar-refractivity contribution in [2.24, 2.45) is 0 Å². The van der Waals surface area contributed by atoms with Gasteiger partial charge in [0, 0.05) is 0 Å². The van der Waals surface area contributed by atoms with Gasteiger partial charge in [0.15, 0.2) is 0 Å². The van der Waals surface area contributed by atoms with Crippen LogP contribution in [0, 0.1) is 0 Å². The third-order valence-corrected chi connectivity index (χ3v) is 3.92. The molecule has 0 aromatic heterocycles. The Bertz CT molecular complexity index is 385.